The van der Waals surface area contributed by atoms with Crippen LogP contribution < -0.4 is 5.73 Å². The van der Waals surface area contributed by atoms with Gasteiger partial charge in [0.2, 0.25) is 0 Å². The lowest BCUT2D eigenvalue weighted by Gasteiger charge is -2.27. The largest absolute Gasteiger partial charge is 0.333 e. The summed E-state index contributed by atoms with van der Waals surface area (Å²) in [6.45, 7) is 10.6. The molecule has 2 N–H and O–H groups in total. The summed E-state index contributed by atoms with van der Waals surface area (Å²) in [5.74, 6) is 0.900. The van der Waals surface area contributed by atoms with Crippen molar-refractivity contribution in [2.45, 2.75) is 45.6 Å². The third-order valence-electron chi connectivity index (χ3n) is 3.94. The summed E-state index contributed by atoms with van der Waals surface area (Å²) in [6, 6.07) is 4.33. The van der Waals surface area contributed by atoms with Gasteiger partial charge in [0, 0.05) is 41.2 Å². The lowest BCUT2D eigenvalue weighted by Crippen LogP contribution is -2.27. The molecule has 0 bridgehead atoms. The molecule has 2 rings (SSSR count). The van der Waals surface area contributed by atoms with Crippen molar-refractivity contribution < 1.29 is 0 Å². The highest BCUT2D eigenvalue weighted by atomic mass is 32.1. The molecule has 0 spiro atoms. The van der Waals surface area contributed by atoms with Crippen molar-refractivity contribution >= 4 is 11.3 Å². The first-order valence-electron chi connectivity index (χ1n) is 7.20. The van der Waals surface area contributed by atoms with Crippen LogP contribution in [-0.4, -0.2) is 16.1 Å². The minimum Gasteiger partial charge on any atom is -0.333 e. The van der Waals surface area contributed by atoms with E-state index >= 15 is 0 Å². The Morgan fingerprint density at radius 2 is 2.15 bits per heavy atom. The Morgan fingerprint density at radius 3 is 2.70 bits per heavy atom. The number of rotatable bonds is 6. The molecular formula is C16H25N3S. The Balaban J connectivity index is 2.25. The van der Waals surface area contributed by atoms with E-state index in [-0.39, 0.29) is 5.41 Å². The van der Waals surface area contributed by atoms with Crippen LogP contribution in [0.4, 0.5) is 0 Å². The first-order chi connectivity index (χ1) is 9.45. The zero-order chi connectivity index (χ0) is 14.8. The highest BCUT2D eigenvalue weighted by molar-refractivity contribution is 7.10. The van der Waals surface area contributed by atoms with E-state index in [1.54, 1.807) is 0 Å². The summed E-state index contributed by atoms with van der Waals surface area (Å²) in [5, 5.41) is 2.14. The molecule has 2 aromatic rings. The van der Waals surface area contributed by atoms with Crippen molar-refractivity contribution in [2.24, 2.45) is 11.7 Å². The molecule has 2 aromatic heterocycles. The highest BCUT2D eigenvalue weighted by Crippen LogP contribution is 2.31. The number of aromatic nitrogens is 2. The molecule has 4 heteroatoms. The van der Waals surface area contributed by atoms with Crippen LogP contribution in [0.5, 0.6) is 0 Å². The Hall–Kier alpha value is -1.13. The SMILES string of the molecule is CC(C)C(CN)c1cncn1CC(C)(C)c1cccs1. The maximum Gasteiger partial charge on any atom is 0.0948 e. The third-order valence-corrected chi connectivity index (χ3v) is 5.17. The average molecular weight is 291 g/mol. The highest BCUT2D eigenvalue weighted by Gasteiger charge is 2.25. The molecule has 1 unspecified atom stereocenters. The molecule has 0 aliphatic rings. The molecule has 110 valence electrons. The second-order valence-electron chi connectivity index (χ2n) is 6.39. The fraction of sp³-hybridized carbons (Fsp3) is 0.562. The standard InChI is InChI=1S/C16H25N3S/c1-12(2)13(8-17)14-9-18-11-19(14)10-16(3,4)15-6-5-7-20-15/h5-7,9,11-13H,8,10,17H2,1-4H3. The monoisotopic (exact) mass is 291 g/mol. The van der Waals surface area contributed by atoms with Gasteiger partial charge >= 0.3 is 0 Å². The molecule has 0 amide bonds. The molecule has 3 nitrogen and oxygen atoms in total. The molecule has 0 aliphatic carbocycles. The quantitative estimate of drug-likeness (QED) is 0.883. The predicted molar refractivity (Wildman–Crippen MR) is 86.2 cm³/mol. The molecule has 1 atom stereocenters. The van der Waals surface area contributed by atoms with Gasteiger partial charge in [-0.3, -0.25) is 0 Å². The van der Waals surface area contributed by atoms with Crippen molar-refractivity contribution in [3.63, 3.8) is 0 Å². The Bertz CT molecular complexity index is 526. The first kappa shape index (κ1) is 15.3. The molecule has 2 heterocycles. The zero-order valence-electron chi connectivity index (χ0n) is 12.8. The minimum absolute atomic E-state index is 0.111. The van der Waals surface area contributed by atoms with Gasteiger partial charge < -0.3 is 10.3 Å². The fourth-order valence-corrected chi connectivity index (χ4v) is 3.52. The van der Waals surface area contributed by atoms with E-state index in [9.17, 15) is 0 Å². The molecule has 0 radical (unpaired) electrons. The summed E-state index contributed by atoms with van der Waals surface area (Å²) < 4.78 is 2.28. The lowest BCUT2D eigenvalue weighted by molar-refractivity contribution is 0.407. The topological polar surface area (TPSA) is 43.8 Å². The van der Waals surface area contributed by atoms with Crippen LogP contribution in [-0.2, 0) is 12.0 Å². The van der Waals surface area contributed by atoms with Gasteiger partial charge in [-0.2, -0.15) is 0 Å². The summed E-state index contributed by atoms with van der Waals surface area (Å²) in [7, 11) is 0. The number of hydrogen-bond donors (Lipinski definition) is 1. The van der Waals surface area contributed by atoms with Gasteiger partial charge in [0.05, 0.1) is 6.33 Å². The number of thiophene rings is 1. The van der Waals surface area contributed by atoms with E-state index in [0.29, 0.717) is 18.4 Å². The molecule has 0 aromatic carbocycles. The van der Waals surface area contributed by atoms with E-state index in [1.165, 1.54) is 10.6 Å². The maximum atomic E-state index is 5.95. The van der Waals surface area contributed by atoms with Crippen molar-refractivity contribution in [1.82, 2.24) is 9.55 Å². The van der Waals surface area contributed by atoms with Gasteiger partial charge in [0.25, 0.3) is 0 Å². The molecular weight excluding hydrogens is 266 g/mol. The molecule has 0 saturated heterocycles. The van der Waals surface area contributed by atoms with Crippen LogP contribution in [0.2, 0.25) is 0 Å². The van der Waals surface area contributed by atoms with Crippen LogP contribution >= 0.6 is 11.3 Å². The molecule has 0 saturated carbocycles. The maximum absolute atomic E-state index is 5.95. The smallest absolute Gasteiger partial charge is 0.0948 e. The van der Waals surface area contributed by atoms with Crippen molar-refractivity contribution in [3.05, 3.63) is 40.6 Å². The van der Waals surface area contributed by atoms with Crippen molar-refractivity contribution in [2.75, 3.05) is 6.54 Å². The van der Waals surface area contributed by atoms with E-state index in [4.69, 9.17) is 5.73 Å². The zero-order valence-corrected chi connectivity index (χ0v) is 13.7. The van der Waals surface area contributed by atoms with Crippen LogP contribution in [0, 0.1) is 5.92 Å². The van der Waals surface area contributed by atoms with Gasteiger partial charge in [0.1, 0.15) is 0 Å². The van der Waals surface area contributed by atoms with Gasteiger partial charge in [-0.15, -0.1) is 11.3 Å². The summed E-state index contributed by atoms with van der Waals surface area (Å²) in [6.07, 6.45) is 3.91. The third kappa shape index (κ3) is 3.13. The van der Waals surface area contributed by atoms with Gasteiger partial charge in [-0.05, 0) is 17.4 Å². The van der Waals surface area contributed by atoms with Crippen LogP contribution in [0.25, 0.3) is 0 Å². The van der Waals surface area contributed by atoms with Crippen LogP contribution in [0.1, 0.15) is 44.2 Å². The molecule has 0 fully saturated rings. The summed E-state index contributed by atoms with van der Waals surface area (Å²) in [4.78, 5) is 5.76. The van der Waals surface area contributed by atoms with E-state index in [2.05, 4.69) is 54.8 Å². The number of hydrogen-bond acceptors (Lipinski definition) is 3. The average Bonchev–Trinajstić information content (AvgIpc) is 3.01. The minimum atomic E-state index is 0.111. The van der Waals surface area contributed by atoms with Gasteiger partial charge in [-0.1, -0.05) is 33.8 Å². The van der Waals surface area contributed by atoms with E-state index in [1.807, 2.05) is 23.9 Å². The van der Waals surface area contributed by atoms with Crippen molar-refractivity contribution in [3.8, 4) is 0 Å². The second-order valence-corrected chi connectivity index (χ2v) is 7.34. The lowest BCUT2D eigenvalue weighted by atomic mass is 9.89. The van der Waals surface area contributed by atoms with Crippen molar-refractivity contribution in [1.29, 1.82) is 0 Å². The predicted octanol–water partition coefficient (Wildman–Crippen LogP) is 3.62. The Labute approximate surface area is 125 Å². The molecule has 0 aliphatic heterocycles. The van der Waals surface area contributed by atoms with E-state index < -0.39 is 0 Å². The number of nitrogens with zero attached hydrogens (tertiary/aromatic N) is 2. The fourth-order valence-electron chi connectivity index (χ4n) is 2.67. The number of imidazole rings is 1. The first-order valence-corrected chi connectivity index (χ1v) is 8.07. The second kappa shape index (κ2) is 6.10. The van der Waals surface area contributed by atoms with Gasteiger partial charge in [0.15, 0.2) is 0 Å². The Morgan fingerprint density at radius 1 is 1.40 bits per heavy atom. The van der Waals surface area contributed by atoms with Gasteiger partial charge in [-0.25, -0.2) is 4.98 Å². The van der Waals surface area contributed by atoms with Crippen LogP contribution in [0.3, 0.4) is 0 Å². The normalized spacial score (nSPS) is 13.9. The summed E-state index contributed by atoms with van der Waals surface area (Å²) in [5.41, 5.74) is 7.32. The number of nitrogens with two attached hydrogens (primary N) is 1. The summed E-state index contributed by atoms with van der Waals surface area (Å²) >= 11 is 1.82. The molecule has 20 heavy (non-hydrogen) atoms. The van der Waals surface area contributed by atoms with Crippen LogP contribution in [0.15, 0.2) is 30.0 Å². The Kier molecular flexibility index (Phi) is 4.66. The van der Waals surface area contributed by atoms with E-state index in [0.717, 1.165) is 6.54 Å².